The third-order valence-corrected chi connectivity index (χ3v) is 4.91. The Balaban J connectivity index is 2.16. The Labute approximate surface area is 123 Å². The van der Waals surface area contributed by atoms with Gasteiger partial charge in [0.15, 0.2) is 0 Å². The minimum atomic E-state index is -1.08. The van der Waals surface area contributed by atoms with E-state index in [9.17, 15) is 14.7 Å². The van der Waals surface area contributed by atoms with Gasteiger partial charge in [-0.15, -0.1) is 11.8 Å². The molecule has 0 saturated carbocycles. The molecule has 2 atom stereocenters. The van der Waals surface area contributed by atoms with E-state index in [0.29, 0.717) is 19.4 Å². The van der Waals surface area contributed by atoms with Gasteiger partial charge in [-0.2, -0.15) is 0 Å². The fourth-order valence-electron chi connectivity index (χ4n) is 2.56. The first-order chi connectivity index (χ1) is 9.47. The van der Waals surface area contributed by atoms with Gasteiger partial charge in [-0.25, -0.2) is 4.79 Å². The van der Waals surface area contributed by atoms with E-state index in [1.54, 1.807) is 25.6 Å². The molecule has 1 N–H and O–H groups in total. The monoisotopic (exact) mass is 293 g/mol. The molecule has 1 fully saturated rings. The molecule has 1 aliphatic rings. The van der Waals surface area contributed by atoms with Crippen LogP contribution in [0, 0.1) is 0 Å². The maximum absolute atomic E-state index is 12.0. The highest BCUT2D eigenvalue weighted by Crippen LogP contribution is 2.38. The first-order valence-electron chi connectivity index (χ1n) is 6.73. The Morgan fingerprint density at radius 3 is 2.60 bits per heavy atom. The number of carbonyl (C=O) groups excluding carboxylic acids is 1. The standard InChI is InChI=1S/C15H19NO3S/c1-3-13(17)16-10-12(9-15(16,2)14(18)19)20-11-7-5-4-6-8-11/h4-8,12H,3,9-10H2,1-2H3,(H,18,19)/t12?,15-/m0/s1. The normalized spacial score (nSPS) is 25.7. The molecule has 108 valence electrons. The summed E-state index contributed by atoms with van der Waals surface area (Å²) in [4.78, 5) is 26.2. The van der Waals surface area contributed by atoms with Gasteiger partial charge >= 0.3 is 5.97 Å². The maximum atomic E-state index is 12.0. The number of amides is 1. The second-order valence-corrected chi connectivity index (χ2v) is 6.57. The van der Waals surface area contributed by atoms with Crippen molar-refractivity contribution in [3.63, 3.8) is 0 Å². The molecule has 1 heterocycles. The van der Waals surface area contributed by atoms with Gasteiger partial charge in [0.05, 0.1) is 0 Å². The van der Waals surface area contributed by atoms with Crippen LogP contribution in [0.1, 0.15) is 26.7 Å². The lowest BCUT2D eigenvalue weighted by Gasteiger charge is -2.30. The van der Waals surface area contributed by atoms with Crippen LogP contribution in [0.15, 0.2) is 35.2 Å². The summed E-state index contributed by atoms with van der Waals surface area (Å²) in [6, 6.07) is 9.89. The van der Waals surface area contributed by atoms with Crippen molar-refractivity contribution in [1.82, 2.24) is 4.90 Å². The molecule has 0 aromatic heterocycles. The summed E-state index contributed by atoms with van der Waals surface area (Å²) in [6.07, 6.45) is 0.819. The number of hydrogen-bond donors (Lipinski definition) is 1. The maximum Gasteiger partial charge on any atom is 0.329 e. The van der Waals surface area contributed by atoms with Crippen molar-refractivity contribution in [3.8, 4) is 0 Å². The van der Waals surface area contributed by atoms with Crippen molar-refractivity contribution in [2.45, 2.75) is 42.4 Å². The zero-order chi connectivity index (χ0) is 14.8. The third-order valence-electron chi connectivity index (χ3n) is 3.72. The molecule has 1 aliphatic heterocycles. The predicted octanol–water partition coefficient (Wildman–Crippen LogP) is 2.63. The van der Waals surface area contributed by atoms with Gasteiger partial charge < -0.3 is 10.0 Å². The van der Waals surface area contributed by atoms with Crippen LogP contribution in [0.2, 0.25) is 0 Å². The van der Waals surface area contributed by atoms with Crippen molar-refractivity contribution in [1.29, 1.82) is 0 Å². The number of thioether (sulfide) groups is 1. The molecule has 0 radical (unpaired) electrons. The van der Waals surface area contributed by atoms with Crippen molar-refractivity contribution >= 4 is 23.6 Å². The Kier molecular flexibility index (Phi) is 4.38. The van der Waals surface area contributed by atoms with Crippen LogP contribution in [0.5, 0.6) is 0 Å². The summed E-state index contributed by atoms with van der Waals surface area (Å²) in [6.45, 7) is 3.91. The molecule has 1 amide bonds. The van der Waals surface area contributed by atoms with Gasteiger partial charge in [0.25, 0.3) is 0 Å². The quantitative estimate of drug-likeness (QED) is 0.927. The van der Waals surface area contributed by atoms with Gasteiger partial charge in [0.2, 0.25) is 5.91 Å². The summed E-state index contributed by atoms with van der Waals surface area (Å²) in [5.41, 5.74) is -1.08. The lowest BCUT2D eigenvalue weighted by atomic mass is 9.99. The molecular formula is C15H19NO3S. The van der Waals surface area contributed by atoms with Crippen LogP contribution in [-0.4, -0.2) is 39.2 Å². The highest BCUT2D eigenvalue weighted by Gasteiger charge is 2.49. The molecule has 4 nitrogen and oxygen atoms in total. The van der Waals surface area contributed by atoms with Crippen LogP contribution >= 0.6 is 11.8 Å². The fraction of sp³-hybridized carbons (Fsp3) is 0.467. The van der Waals surface area contributed by atoms with Crippen molar-refractivity contribution in [3.05, 3.63) is 30.3 Å². The third kappa shape index (κ3) is 2.82. The molecule has 20 heavy (non-hydrogen) atoms. The Morgan fingerprint density at radius 2 is 2.05 bits per heavy atom. The Bertz CT molecular complexity index is 505. The minimum absolute atomic E-state index is 0.0916. The molecule has 2 rings (SSSR count). The summed E-state index contributed by atoms with van der Waals surface area (Å²) in [5, 5.41) is 9.59. The van der Waals surface area contributed by atoms with Crippen LogP contribution in [0.3, 0.4) is 0 Å². The van der Waals surface area contributed by atoms with Crippen LogP contribution < -0.4 is 0 Å². The molecule has 1 aromatic carbocycles. The van der Waals surface area contributed by atoms with Crippen LogP contribution in [-0.2, 0) is 9.59 Å². The van der Waals surface area contributed by atoms with Crippen molar-refractivity contribution in [2.75, 3.05) is 6.54 Å². The highest BCUT2D eigenvalue weighted by molar-refractivity contribution is 8.00. The summed E-state index contributed by atoms with van der Waals surface area (Å²) < 4.78 is 0. The molecule has 0 aliphatic carbocycles. The zero-order valence-corrected chi connectivity index (χ0v) is 12.5. The number of carboxylic acids is 1. The minimum Gasteiger partial charge on any atom is -0.480 e. The van der Waals surface area contributed by atoms with Gasteiger partial charge in [-0.1, -0.05) is 25.1 Å². The predicted molar refractivity (Wildman–Crippen MR) is 78.7 cm³/mol. The van der Waals surface area contributed by atoms with Gasteiger partial charge in [-0.3, -0.25) is 4.79 Å². The lowest BCUT2D eigenvalue weighted by Crippen LogP contribution is -2.50. The van der Waals surface area contributed by atoms with E-state index in [-0.39, 0.29) is 11.2 Å². The number of aliphatic carboxylic acids is 1. The number of hydrogen-bond acceptors (Lipinski definition) is 3. The SMILES string of the molecule is CCC(=O)N1CC(Sc2ccccc2)C[C@@]1(C)C(=O)O. The number of likely N-dealkylation sites (tertiary alicyclic amines) is 1. The highest BCUT2D eigenvalue weighted by atomic mass is 32.2. The van der Waals surface area contributed by atoms with Gasteiger partial charge in [-0.05, 0) is 25.5 Å². The van der Waals surface area contributed by atoms with E-state index in [4.69, 9.17) is 0 Å². The van der Waals surface area contributed by atoms with Crippen LogP contribution in [0.4, 0.5) is 0 Å². The zero-order valence-electron chi connectivity index (χ0n) is 11.7. The number of benzene rings is 1. The second-order valence-electron chi connectivity index (χ2n) is 5.19. The number of nitrogens with zero attached hydrogens (tertiary/aromatic N) is 1. The lowest BCUT2D eigenvalue weighted by molar-refractivity contribution is -0.155. The topological polar surface area (TPSA) is 57.6 Å². The fourth-order valence-corrected chi connectivity index (χ4v) is 3.89. The molecule has 5 heteroatoms. The number of carboxylic acid groups (broad SMARTS) is 1. The van der Waals surface area contributed by atoms with Crippen molar-refractivity contribution in [2.24, 2.45) is 0 Å². The van der Waals surface area contributed by atoms with E-state index in [1.807, 2.05) is 30.3 Å². The van der Waals surface area contributed by atoms with Crippen molar-refractivity contribution < 1.29 is 14.7 Å². The van der Waals surface area contributed by atoms with E-state index in [0.717, 1.165) is 4.90 Å². The first-order valence-corrected chi connectivity index (χ1v) is 7.61. The largest absolute Gasteiger partial charge is 0.480 e. The molecule has 1 unspecified atom stereocenters. The first kappa shape index (κ1) is 14.9. The van der Waals surface area contributed by atoms with E-state index < -0.39 is 11.5 Å². The molecule has 0 bridgehead atoms. The summed E-state index contributed by atoms with van der Waals surface area (Å²) in [5.74, 6) is -1.01. The summed E-state index contributed by atoms with van der Waals surface area (Å²) in [7, 11) is 0. The average Bonchev–Trinajstić information content (AvgIpc) is 2.77. The second kappa shape index (κ2) is 5.87. The van der Waals surface area contributed by atoms with E-state index in [2.05, 4.69) is 0 Å². The summed E-state index contributed by atoms with van der Waals surface area (Å²) >= 11 is 1.65. The smallest absolute Gasteiger partial charge is 0.329 e. The Morgan fingerprint density at radius 1 is 1.40 bits per heavy atom. The number of rotatable bonds is 4. The molecular weight excluding hydrogens is 274 g/mol. The molecule has 1 saturated heterocycles. The van der Waals surface area contributed by atoms with E-state index >= 15 is 0 Å². The van der Waals surface area contributed by atoms with Gasteiger partial charge in [0, 0.05) is 23.1 Å². The average molecular weight is 293 g/mol. The van der Waals surface area contributed by atoms with Crippen LogP contribution in [0.25, 0.3) is 0 Å². The van der Waals surface area contributed by atoms with Gasteiger partial charge in [0.1, 0.15) is 5.54 Å². The molecule has 1 aromatic rings. The Hall–Kier alpha value is -1.49. The molecule has 0 spiro atoms. The van der Waals surface area contributed by atoms with E-state index in [1.165, 1.54) is 4.90 Å². The number of carbonyl (C=O) groups is 2.